The Morgan fingerprint density at radius 2 is 1.90 bits per heavy atom. The van der Waals surface area contributed by atoms with Gasteiger partial charge in [0.1, 0.15) is 5.75 Å². The molecule has 3 heteroatoms. The van der Waals surface area contributed by atoms with Crippen LogP contribution in [0.5, 0.6) is 5.75 Å². The summed E-state index contributed by atoms with van der Waals surface area (Å²) in [5.41, 5.74) is 4.15. The van der Waals surface area contributed by atoms with Crippen molar-refractivity contribution in [3.05, 3.63) is 59.1 Å². The van der Waals surface area contributed by atoms with Crippen LogP contribution in [0.3, 0.4) is 0 Å². The van der Waals surface area contributed by atoms with Crippen LogP contribution in [0.15, 0.2) is 48.5 Å². The molecule has 0 spiro atoms. The van der Waals surface area contributed by atoms with Gasteiger partial charge in [0.25, 0.3) is 0 Å². The first-order valence-corrected chi connectivity index (χ1v) is 6.75. The molecule has 0 aliphatic heterocycles. The van der Waals surface area contributed by atoms with E-state index < -0.39 is 0 Å². The Balaban J connectivity index is 2.40. The Labute approximate surface area is 124 Å². The zero-order valence-corrected chi connectivity index (χ0v) is 12.3. The first-order valence-electron chi connectivity index (χ1n) is 6.37. The number of hydrogen-bond acceptors (Lipinski definition) is 2. The SMILES string of the molecule is COc1ccc(Cl)cc1-c1ccc(C(C)=CCO)cc1. The molecule has 0 aliphatic carbocycles. The van der Waals surface area contributed by atoms with Gasteiger partial charge in [-0.25, -0.2) is 0 Å². The predicted octanol–water partition coefficient (Wildman–Crippen LogP) is 4.41. The standard InChI is InChI=1S/C17H17ClO2/c1-12(9-10-19)13-3-5-14(6-4-13)16-11-15(18)7-8-17(16)20-2/h3-9,11,19H,10H2,1-2H3. The van der Waals surface area contributed by atoms with E-state index in [2.05, 4.69) is 0 Å². The van der Waals surface area contributed by atoms with Gasteiger partial charge in [-0.2, -0.15) is 0 Å². The van der Waals surface area contributed by atoms with Crippen LogP contribution in [0, 0.1) is 0 Å². The van der Waals surface area contributed by atoms with Gasteiger partial charge in [-0.3, -0.25) is 0 Å². The highest BCUT2D eigenvalue weighted by molar-refractivity contribution is 6.31. The maximum Gasteiger partial charge on any atom is 0.126 e. The maximum absolute atomic E-state index is 8.92. The third-order valence-corrected chi connectivity index (χ3v) is 3.45. The minimum absolute atomic E-state index is 0.0513. The minimum atomic E-state index is 0.0513. The Hall–Kier alpha value is -1.77. The second kappa shape index (κ2) is 6.60. The molecule has 0 unspecified atom stereocenters. The number of aliphatic hydroxyl groups is 1. The summed E-state index contributed by atoms with van der Waals surface area (Å²) in [4.78, 5) is 0. The molecule has 2 aromatic carbocycles. The van der Waals surface area contributed by atoms with E-state index in [4.69, 9.17) is 21.4 Å². The van der Waals surface area contributed by atoms with Gasteiger partial charge in [-0.1, -0.05) is 41.9 Å². The van der Waals surface area contributed by atoms with Gasteiger partial charge < -0.3 is 9.84 Å². The summed E-state index contributed by atoms with van der Waals surface area (Å²) in [6, 6.07) is 13.7. The zero-order chi connectivity index (χ0) is 14.5. The summed E-state index contributed by atoms with van der Waals surface area (Å²) in [6.07, 6.45) is 1.79. The molecule has 0 heterocycles. The fourth-order valence-electron chi connectivity index (χ4n) is 2.07. The van der Waals surface area contributed by atoms with E-state index in [9.17, 15) is 0 Å². The molecule has 2 rings (SSSR count). The third kappa shape index (κ3) is 3.21. The van der Waals surface area contributed by atoms with Crippen molar-refractivity contribution in [2.75, 3.05) is 13.7 Å². The van der Waals surface area contributed by atoms with E-state index in [1.165, 1.54) is 0 Å². The van der Waals surface area contributed by atoms with Crippen LogP contribution in [-0.2, 0) is 0 Å². The number of methoxy groups -OCH3 is 1. The molecule has 0 saturated carbocycles. The summed E-state index contributed by atoms with van der Waals surface area (Å²) >= 11 is 6.05. The van der Waals surface area contributed by atoms with Crippen molar-refractivity contribution in [2.24, 2.45) is 0 Å². The van der Waals surface area contributed by atoms with Crippen molar-refractivity contribution >= 4 is 17.2 Å². The molecule has 0 aliphatic rings. The van der Waals surface area contributed by atoms with E-state index in [0.717, 1.165) is 28.0 Å². The van der Waals surface area contributed by atoms with Crippen LogP contribution >= 0.6 is 11.6 Å². The van der Waals surface area contributed by atoms with Gasteiger partial charge in [0.15, 0.2) is 0 Å². The molecule has 1 N–H and O–H groups in total. The van der Waals surface area contributed by atoms with Crippen molar-refractivity contribution in [3.63, 3.8) is 0 Å². The topological polar surface area (TPSA) is 29.5 Å². The summed E-state index contributed by atoms with van der Waals surface area (Å²) in [5.74, 6) is 0.796. The highest BCUT2D eigenvalue weighted by atomic mass is 35.5. The molecule has 2 nitrogen and oxygen atoms in total. The van der Waals surface area contributed by atoms with E-state index in [-0.39, 0.29) is 6.61 Å². The number of ether oxygens (including phenoxy) is 1. The first-order chi connectivity index (χ1) is 9.65. The lowest BCUT2D eigenvalue weighted by Crippen LogP contribution is -1.89. The molecule has 2 aromatic rings. The third-order valence-electron chi connectivity index (χ3n) is 3.21. The van der Waals surface area contributed by atoms with Crippen LogP contribution in [0.25, 0.3) is 16.7 Å². The molecule has 0 atom stereocenters. The van der Waals surface area contributed by atoms with Gasteiger partial charge in [0.2, 0.25) is 0 Å². The average molecular weight is 289 g/mol. The predicted molar refractivity (Wildman–Crippen MR) is 84.2 cm³/mol. The van der Waals surface area contributed by atoms with Crippen LogP contribution in [0.4, 0.5) is 0 Å². The van der Waals surface area contributed by atoms with Gasteiger partial charge in [-0.05, 0) is 41.8 Å². The van der Waals surface area contributed by atoms with Gasteiger partial charge in [0.05, 0.1) is 13.7 Å². The molecule has 0 radical (unpaired) electrons. The lowest BCUT2D eigenvalue weighted by molar-refractivity contribution is 0.343. The number of halogens is 1. The van der Waals surface area contributed by atoms with Crippen LogP contribution < -0.4 is 4.74 Å². The lowest BCUT2D eigenvalue weighted by atomic mass is 10.0. The molecule has 20 heavy (non-hydrogen) atoms. The van der Waals surface area contributed by atoms with E-state index in [1.807, 2.05) is 49.4 Å². The Bertz CT molecular complexity index is 615. The van der Waals surface area contributed by atoms with E-state index >= 15 is 0 Å². The number of aliphatic hydroxyl groups excluding tert-OH is 1. The van der Waals surface area contributed by atoms with E-state index in [0.29, 0.717) is 5.02 Å². The second-order valence-electron chi connectivity index (χ2n) is 4.49. The fourth-order valence-corrected chi connectivity index (χ4v) is 2.25. The van der Waals surface area contributed by atoms with Gasteiger partial charge in [-0.15, -0.1) is 0 Å². The molecule has 0 bridgehead atoms. The van der Waals surface area contributed by atoms with E-state index in [1.54, 1.807) is 13.2 Å². The smallest absolute Gasteiger partial charge is 0.126 e. The Morgan fingerprint density at radius 1 is 1.20 bits per heavy atom. The van der Waals surface area contributed by atoms with Crippen molar-refractivity contribution < 1.29 is 9.84 Å². The summed E-state index contributed by atoms with van der Waals surface area (Å²) in [7, 11) is 1.65. The molecule has 0 amide bonds. The minimum Gasteiger partial charge on any atom is -0.496 e. The number of hydrogen-bond donors (Lipinski definition) is 1. The summed E-state index contributed by atoms with van der Waals surface area (Å²) < 4.78 is 5.37. The van der Waals surface area contributed by atoms with Crippen molar-refractivity contribution in [1.82, 2.24) is 0 Å². The number of allylic oxidation sites excluding steroid dienone is 1. The van der Waals surface area contributed by atoms with Gasteiger partial charge in [0, 0.05) is 10.6 Å². The molecule has 0 aromatic heterocycles. The summed E-state index contributed by atoms with van der Waals surface area (Å²) in [5, 5.41) is 9.60. The van der Waals surface area contributed by atoms with Crippen LogP contribution in [0.2, 0.25) is 5.02 Å². The van der Waals surface area contributed by atoms with Crippen LogP contribution in [-0.4, -0.2) is 18.8 Å². The zero-order valence-electron chi connectivity index (χ0n) is 11.6. The fraction of sp³-hybridized carbons (Fsp3) is 0.176. The second-order valence-corrected chi connectivity index (χ2v) is 4.93. The van der Waals surface area contributed by atoms with Crippen molar-refractivity contribution in [2.45, 2.75) is 6.92 Å². The molecule has 0 fully saturated rings. The molecular weight excluding hydrogens is 272 g/mol. The maximum atomic E-state index is 8.92. The Kier molecular flexibility index (Phi) is 4.83. The number of rotatable bonds is 4. The summed E-state index contributed by atoms with van der Waals surface area (Å²) in [6.45, 7) is 2.03. The monoisotopic (exact) mass is 288 g/mol. The quantitative estimate of drug-likeness (QED) is 0.903. The highest BCUT2D eigenvalue weighted by Gasteiger charge is 2.07. The van der Waals surface area contributed by atoms with Crippen molar-refractivity contribution in [1.29, 1.82) is 0 Å². The lowest BCUT2D eigenvalue weighted by Gasteiger charge is -2.10. The molecular formula is C17H17ClO2. The largest absolute Gasteiger partial charge is 0.496 e. The van der Waals surface area contributed by atoms with Crippen molar-refractivity contribution in [3.8, 4) is 16.9 Å². The normalized spacial score (nSPS) is 11.5. The highest BCUT2D eigenvalue weighted by Crippen LogP contribution is 2.33. The van der Waals surface area contributed by atoms with Gasteiger partial charge >= 0.3 is 0 Å². The average Bonchev–Trinajstić information content (AvgIpc) is 2.47. The molecule has 0 saturated heterocycles. The first kappa shape index (κ1) is 14.6. The van der Waals surface area contributed by atoms with Crippen LogP contribution in [0.1, 0.15) is 12.5 Å². The molecule has 104 valence electrons. The Morgan fingerprint density at radius 3 is 2.50 bits per heavy atom. The number of benzene rings is 2.